The van der Waals surface area contributed by atoms with E-state index in [4.69, 9.17) is 27.9 Å². The average Bonchev–Trinajstić information content (AvgIpc) is 3.05. The quantitative estimate of drug-likeness (QED) is 0.162. The SMILES string of the molecule is COc1ccc(S(=O)(=O)N(CC(=O)N(Cc2ccccc2Cl)[C@@H](Cc2ccccc2)C(=O)NCC(C)C)c2ccc(Cl)cc2)cc1. The molecule has 0 bridgehead atoms. The van der Waals surface area contributed by atoms with Gasteiger partial charge < -0.3 is 15.0 Å². The van der Waals surface area contributed by atoms with Gasteiger partial charge in [0.15, 0.2) is 0 Å². The third-order valence-corrected chi connectivity index (χ3v) is 9.70. The summed E-state index contributed by atoms with van der Waals surface area (Å²) in [6.45, 7) is 3.74. The van der Waals surface area contributed by atoms with Crippen molar-refractivity contribution in [1.82, 2.24) is 10.2 Å². The Balaban J connectivity index is 1.80. The fourth-order valence-electron chi connectivity index (χ4n) is 4.80. The number of hydrogen-bond acceptors (Lipinski definition) is 5. The minimum Gasteiger partial charge on any atom is -0.497 e. The van der Waals surface area contributed by atoms with Gasteiger partial charge in [-0.25, -0.2) is 8.42 Å². The van der Waals surface area contributed by atoms with Gasteiger partial charge in [-0.2, -0.15) is 0 Å². The molecule has 0 radical (unpaired) electrons. The number of benzene rings is 4. The lowest BCUT2D eigenvalue weighted by Crippen LogP contribution is -2.53. The first kappa shape index (κ1) is 34.8. The molecule has 0 aliphatic rings. The number of carbonyl (C=O) groups excluding carboxylic acids is 2. The van der Waals surface area contributed by atoms with Gasteiger partial charge in [0.05, 0.1) is 17.7 Å². The van der Waals surface area contributed by atoms with E-state index in [1.807, 2.05) is 44.2 Å². The van der Waals surface area contributed by atoms with Crippen LogP contribution in [0.5, 0.6) is 5.75 Å². The molecule has 4 rings (SSSR count). The zero-order valence-electron chi connectivity index (χ0n) is 25.9. The Morgan fingerprint density at radius 3 is 2.09 bits per heavy atom. The van der Waals surface area contributed by atoms with E-state index in [1.165, 1.54) is 48.4 Å². The maximum absolute atomic E-state index is 14.5. The van der Waals surface area contributed by atoms with E-state index in [2.05, 4.69) is 5.32 Å². The summed E-state index contributed by atoms with van der Waals surface area (Å²) in [4.78, 5) is 29.7. The number of rotatable bonds is 14. The summed E-state index contributed by atoms with van der Waals surface area (Å²) in [6.07, 6.45) is 0.202. The second kappa shape index (κ2) is 16.0. The van der Waals surface area contributed by atoms with E-state index < -0.39 is 28.5 Å². The summed E-state index contributed by atoms with van der Waals surface area (Å²) >= 11 is 12.7. The molecule has 0 saturated carbocycles. The molecule has 2 amide bonds. The van der Waals surface area contributed by atoms with Gasteiger partial charge in [-0.1, -0.05) is 85.6 Å². The second-order valence-electron chi connectivity index (χ2n) is 11.1. The number of hydrogen-bond donors (Lipinski definition) is 1. The van der Waals surface area contributed by atoms with E-state index in [-0.39, 0.29) is 35.4 Å². The van der Waals surface area contributed by atoms with Crippen LogP contribution in [0.3, 0.4) is 0 Å². The van der Waals surface area contributed by atoms with Crippen LogP contribution in [-0.4, -0.2) is 51.4 Å². The molecule has 0 aliphatic heterocycles. The molecular weight excluding hydrogens is 645 g/mol. The van der Waals surface area contributed by atoms with Gasteiger partial charge in [-0.15, -0.1) is 0 Å². The summed E-state index contributed by atoms with van der Waals surface area (Å²) in [5, 5.41) is 3.80. The number of halogens is 2. The Hall–Kier alpha value is -4.05. The lowest BCUT2D eigenvalue weighted by atomic mass is 10.0. The molecule has 46 heavy (non-hydrogen) atoms. The Morgan fingerprint density at radius 1 is 0.848 bits per heavy atom. The van der Waals surface area contributed by atoms with Gasteiger partial charge in [-0.05, 0) is 71.6 Å². The fourth-order valence-corrected chi connectivity index (χ4v) is 6.53. The smallest absolute Gasteiger partial charge is 0.264 e. The van der Waals surface area contributed by atoms with Crippen LogP contribution in [-0.2, 0) is 32.6 Å². The van der Waals surface area contributed by atoms with Crippen molar-refractivity contribution < 1.29 is 22.7 Å². The largest absolute Gasteiger partial charge is 0.497 e. The van der Waals surface area contributed by atoms with Gasteiger partial charge in [0, 0.05) is 29.6 Å². The van der Waals surface area contributed by atoms with E-state index in [0.717, 1.165) is 9.87 Å². The van der Waals surface area contributed by atoms with E-state index in [0.29, 0.717) is 27.9 Å². The van der Waals surface area contributed by atoms with Gasteiger partial charge in [0.1, 0.15) is 18.3 Å². The molecule has 8 nitrogen and oxygen atoms in total. The first-order valence-corrected chi connectivity index (χ1v) is 17.0. The van der Waals surface area contributed by atoms with Crippen molar-refractivity contribution in [3.63, 3.8) is 0 Å². The lowest BCUT2D eigenvalue weighted by molar-refractivity contribution is -0.140. The minimum atomic E-state index is -4.27. The highest BCUT2D eigenvalue weighted by atomic mass is 35.5. The van der Waals surface area contributed by atoms with Crippen LogP contribution in [0, 0.1) is 5.92 Å². The normalized spacial score (nSPS) is 12.0. The van der Waals surface area contributed by atoms with Crippen LogP contribution >= 0.6 is 23.2 Å². The van der Waals surface area contributed by atoms with Crippen molar-refractivity contribution in [3.05, 3.63) is 124 Å². The number of sulfonamides is 1. The third-order valence-electron chi connectivity index (χ3n) is 7.30. The van der Waals surface area contributed by atoms with E-state index in [9.17, 15) is 18.0 Å². The number of amides is 2. The number of nitrogens with zero attached hydrogens (tertiary/aromatic N) is 2. The van der Waals surface area contributed by atoms with Crippen molar-refractivity contribution >= 4 is 50.7 Å². The molecule has 0 saturated heterocycles. The third kappa shape index (κ3) is 9.02. The highest BCUT2D eigenvalue weighted by Crippen LogP contribution is 2.28. The van der Waals surface area contributed by atoms with Crippen LogP contribution in [0.15, 0.2) is 108 Å². The maximum atomic E-state index is 14.5. The highest BCUT2D eigenvalue weighted by molar-refractivity contribution is 7.92. The summed E-state index contributed by atoms with van der Waals surface area (Å²) in [5.74, 6) is -0.291. The minimum absolute atomic E-state index is 0.0256. The van der Waals surface area contributed by atoms with Crippen LogP contribution in [0.2, 0.25) is 10.0 Å². The summed E-state index contributed by atoms with van der Waals surface area (Å²) in [5.41, 5.74) is 1.68. The van der Waals surface area contributed by atoms with Crippen LogP contribution in [0.1, 0.15) is 25.0 Å². The van der Waals surface area contributed by atoms with Crippen molar-refractivity contribution in [3.8, 4) is 5.75 Å². The zero-order valence-corrected chi connectivity index (χ0v) is 28.2. The first-order chi connectivity index (χ1) is 22.0. The predicted octanol–water partition coefficient (Wildman–Crippen LogP) is 6.61. The second-order valence-corrected chi connectivity index (χ2v) is 13.8. The standard InChI is InChI=1S/C35H37Cl2N3O5S/c1-25(2)22-38-35(42)33(21-26-9-5-4-6-10-26)39(23-27-11-7-8-12-32(27)37)34(41)24-40(29-15-13-28(36)14-16-29)46(43,44)31-19-17-30(45-3)18-20-31/h4-20,25,33H,21-24H2,1-3H3,(H,38,42)/t33-/m0/s1. The Labute approximate surface area is 280 Å². The van der Waals surface area contributed by atoms with E-state index >= 15 is 0 Å². The molecule has 0 fully saturated rings. The molecule has 4 aromatic carbocycles. The molecule has 0 spiro atoms. The summed E-state index contributed by atoms with van der Waals surface area (Å²) < 4.78 is 34.5. The molecule has 0 unspecified atom stereocenters. The van der Waals surface area contributed by atoms with Gasteiger partial charge >= 0.3 is 0 Å². The van der Waals surface area contributed by atoms with Gasteiger partial charge in [-0.3, -0.25) is 13.9 Å². The molecule has 4 aromatic rings. The van der Waals surface area contributed by atoms with Crippen molar-refractivity contribution in [1.29, 1.82) is 0 Å². The fraction of sp³-hybridized carbons (Fsp3) is 0.257. The monoisotopic (exact) mass is 681 g/mol. The molecular formula is C35H37Cl2N3O5S. The highest BCUT2D eigenvalue weighted by Gasteiger charge is 2.35. The zero-order chi connectivity index (χ0) is 33.3. The Bertz CT molecular complexity index is 1720. The molecule has 0 heterocycles. The number of nitrogens with one attached hydrogen (secondary N) is 1. The Kier molecular flexibility index (Phi) is 12.1. The molecule has 11 heteroatoms. The van der Waals surface area contributed by atoms with Crippen molar-refractivity contribution in [2.45, 2.75) is 37.8 Å². The molecule has 0 aromatic heterocycles. The topological polar surface area (TPSA) is 96.0 Å². The number of carbonyl (C=O) groups is 2. The predicted molar refractivity (Wildman–Crippen MR) is 183 cm³/mol. The van der Waals surface area contributed by atoms with Crippen molar-refractivity contribution in [2.75, 3.05) is 24.5 Å². The average molecular weight is 683 g/mol. The van der Waals surface area contributed by atoms with Crippen molar-refractivity contribution in [2.24, 2.45) is 5.92 Å². The van der Waals surface area contributed by atoms with Gasteiger partial charge in [0.25, 0.3) is 10.0 Å². The summed E-state index contributed by atoms with van der Waals surface area (Å²) in [6, 6.07) is 27.5. The molecule has 1 atom stereocenters. The maximum Gasteiger partial charge on any atom is 0.264 e. The number of methoxy groups -OCH3 is 1. The lowest BCUT2D eigenvalue weighted by Gasteiger charge is -2.34. The number of anilines is 1. The van der Waals surface area contributed by atoms with Gasteiger partial charge in [0.2, 0.25) is 11.8 Å². The summed E-state index contributed by atoms with van der Waals surface area (Å²) in [7, 11) is -2.78. The van der Waals surface area contributed by atoms with Crippen LogP contribution in [0.25, 0.3) is 0 Å². The van der Waals surface area contributed by atoms with Crippen LogP contribution < -0.4 is 14.4 Å². The van der Waals surface area contributed by atoms with E-state index in [1.54, 1.807) is 36.4 Å². The Morgan fingerprint density at radius 2 is 1.48 bits per heavy atom. The molecule has 242 valence electrons. The molecule has 1 N–H and O–H groups in total. The molecule has 0 aliphatic carbocycles. The first-order valence-electron chi connectivity index (χ1n) is 14.8. The van der Waals surface area contributed by atoms with Crippen LogP contribution in [0.4, 0.5) is 5.69 Å². The number of ether oxygens (including phenoxy) is 1.